The molecule has 0 aromatic carbocycles. The van der Waals surface area contributed by atoms with Gasteiger partial charge in [0.25, 0.3) is 5.91 Å². The minimum absolute atomic E-state index is 0.00105. The highest BCUT2D eigenvalue weighted by Gasteiger charge is 2.17. The van der Waals surface area contributed by atoms with Crippen LogP contribution in [0.15, 0.2) is 24.4 Å². The number of hydrogen-bond acceptors (Lipinski definition) is 5. The molecule has 120 valence electrons. The molecule has 6 nitrogen and oxygen atoms in total. The van der Waals surface area contributed by atoms with Crippen molar-refractivity contribution in [3.8, 4) is 0 Å². The van der Waals surface area contributed by atoms with E-state index >= 15 is 0 Å². The van der Waals surface area contributed by atoms with Crippen LogP contribution in [0.25, 0.3) is 0 Å². The molecule has 0 atom stereocenters. The molecule has 0 saturated carbocycles. The fourth-order valence-electron chi connectivity index (χ4n) is 2.36. The van der Waals surface area contributed by atoms with Crippen LogP contribution in [0.5, 0.6) is 0 Å². The number of rotatable bonds is 3. The predicted molar refractivity (Wildman–Crippen MR) is 91.2 cm³/mol. The normalized spacial score (nSPS) is 14.5. The smallest absolute Gasteiger partial charge is 0.265 e. The number of carbonyl (C=O) groups excluding carboxylic acids is 2. The summed E-state index contributed by atoms with van der Waals surface area (Å²) in [6.07, 6.45) is 1.62. The van der Waals surface area contributed by atoms with Crippen molar-refractivity contribution < 1.29 is 9.59 Å². The molecule has 1 saturated heterocycles. The van der Waals surface area contributed by atoms with Gasteiger partial charge in [0.2, 0.25) is 5.91 Å². The first-order valence-electron chi connectivity index (χ1n) is 7.39. The Hall–Kier alpha value is -2.41. The fraction of sp³-hybridized carbons (Fsp3) is 0.312. The zero-order chi connectivity index (χ0) is 16.4. The molecule has 0 spiro atoms. The van der Waals surface area contributed by atoms with Crippen molar-refractivity contribution in [2.75, 3.05) is 29.9 Å². The maximum Gasteiger partial charge on any atom is 0.265 e. The lowest BCUT2D eigenvalue weighted by atomic mass is 10.3. The van der Waals surface area contributed by atoms with Crippen molar-refractivity contribution in [1.29, 1.82) is 0 Å². The van der Waals surface area contributed by atoms with Crippen LogP contribution < -0.4 is 15.5 Å². The molecule has 2 aromatic heterocycles. The predicted octanol–water partition coefficient (Wildman–Crippen LogP) is 1.95. The van der Waals surface area contributed by atoms with Crippen LogP contribution in [0.1, 0.15) is 20.1 Å². The minimum Gasteiger partial charge on any atom is -0.353 e. The third kappa shape index (κ3) is 3.50. The van der Waals surface area contributed by atoms with Gasteiger partial charge in [-0.3, -0.25) is 9.59 Å². The topological polar surface area (TPSA) is 74.3 Å². The molecule has 0 bridgehead atoms. The Balaban J connectivity index is 1.67. The van der Waals surface area contributed by atoms with Crippen molar-refractivity contribution in [3.05, 3.63) is 39.7 Å². The van der Waals surface area contributed by atoms with Crippen molar-refractivity contribution in [2.24, 2.45) is 0 Å². The van der Waals surface area contributed by atoms with E-state index in [2.05, 4.69) is 15.6 Å². The van der Waals surface area contributed by atoms with E-state index in [1.165, 1.54) is 11.3 Å². The monoisotopic (exact) mass is 330 g/mol. The summed E-state index contributed by atoms with van der Waals surface area (Å²) in [4.78, 5) is 31.7. The molecule has 23 heavy (non-hydrogen) atoms. The molecule has 3 rings (SSSR count). The molecule has 3 heterocycles. The lowest BCUT2D eigenvalue weighted by molar-refractivity contribution is -0.120. The Kier molecular flexibility index (Phi) is 4.29. The molecule has 1 aliphatic heterocycles. The van der Waals surface area contributed by atoms with Crippen LogP contribution in [0, 0.1) is 13.8 Å². The second kappa shape index (κ2) is 6.37. The van der Waals surface area contributed by atoms with E-state index in [9.17, 15) is 9.59 Å². The van der Waals surface area contributed by atoms with Crippen molar-refractivity contribution in [1.82, 2.24) is 10.3 Å². The van der Waals surface area contributed by atoms with Gasteiger partial charge in [0.15, 0.2) is 0 Å². The summed E-state index contributed by atoms with van der Waals surface area (Å²) in [7, 11) is 0. The van der Waals surface area contributed by atoms with Crippen molar-refractivity contribution >= 4 is 34.7 Å². The first-order chi connectivity index (χ1) is 11.0. The van der Waals surface area contributed by atoms with Gasteiger partial charge in [-0.15, -0.1) is 11.3 Å². The SMILES string of the molecule is Cc1cc(C(=O)Nc2ccc(N3CCNC(=O)C3)nc2)sc1C. The van der Waals surface area contributed by atoms with Gasteiger partial charge >= 0.3 is 0 Å². The van der Waals surface area contributed by atoms with Gasteiger partial charge in [0.1, 0.15) is 5.82 Å². The van der Waals surface area contributed by atoms with Gasteiger partial charge in [-0.2, -0.15) is 0 Å². The van der Waals surface area contributed by atoms with Crippen LogP contribution in [0.2, 0.25) is 0 Å². The van der Waals surface area contributed by atoms with Gasteiger partial charge in [0.05, 0.1) is 23.3 Å². The molecule has 2 N–H and O–H groups in total. The summed E-state index contributed by atoms with van der Waals surface area (Å²) in [6.45, 7) is 5.66. The van der Waals surface area contributed by atoms with Crippen LogP contribution in [0.4, 0.5) is 11.5 Å². The van der Waals surface area contributed by atoms with Gasteiger partial charge in [-0.1, -0.05) is 0 Å². The Bertz CT molecular complexity index is 720. The highest BCUT2D eigenvalue weighted by Crippen LogP contribution is 2.22. The zero-order valence-corrected chi connectivity index (χ0v) is 13.9. The lowest BCUT2D eigenvalue weighted by Crippen LogP contribution is -2.48. The van der Waals surface area contributed by atoms with E-state index in [0.29, 0.717) is 23.7 Å². The summed E-state index contributed by atoms with van der Waals surface area (Å²) in [6, 6.07) is 5.52. The molecular formula is C16H18N4O2S. The molecule has 1 aliphatic rings. The maximum absolute atomic E-state index is 12.2. The Morgan fingerprint density at radius 3 is 2.83 bits per heavy atom. The highest BCUT2D eigenvalue weighted by molar-refractivity contribution is 7.14. The van der Waals surface area contributed by atoms with Crippen LogP contribution >= 0.6 is 11.3 Å². The maximum atomic E-state index is 12.2. The first kappa shape index (κ1) is 15.5. The second-order valence-electron chi connectivity index (χ2n) is 5.48. The molecule has 7 heteroatoms. The minimum atomic E-state index is -0.127. The van der Waals surface area contributed by atoms with Crippen molar-refractivity contribution in [2.45, 2.75) is 13.8 Å². The van der Waals surface area contributed by atoms with Crippen molar-refractivity contribution in [3.63, 3.8) is 0 Å². The van der Waals surface area contributed by atoms with Crippen LogP contribution in [-0.2, 0) is 4.79 Å². The number of carbonyl (C=O) groups is 2. The van der Waals surface area contributed by atoms with E-state index in [1.54, 1.807) is 12.3 Å². The summed E-state index contributed by atoms with van der Waals surface area (Å²) >= 11 is 1.48. The van der Waals surface area contributed by atoms with Crippen LogP contribution in [-0.4, -0.2) is 36.4 Å². The summed E-state index contributed by atoms with van der Waals surface area (Å²) in [5.41, 5.74) is 1.76. The van der Waals surface area contributed by atoms with E-state index in [0.717, 1.165) is 22.8 Å². The molecule has 2 amide bonds. The number of hydrogen-bond donors (Lipinski definition) is 2. The quantitative estimate of drug-likeness (QED) is 0.902. The first-order valence-corrected chi connectivity index (χ1v) is 8.20. The lowest BCUT2D eigenvalue weighted by Gasteiger charge is -2.27. The number of aryl methyl sites for hydroxylation is 2. The van der Waals surface area contributed by atoms with E-state index in [-0.39, 0.29) is 11.8 Å². The molecule has 0 unspecified atom stereocenters. The van der Waals surface area contributed by atoms with Gasteiger partial charge in [-0.25, -0.2) is 4.98 Å². The number of anilines is 2. The summed E-state index contributed by atoms with van der Waals surface area (Å²) < 4.78 is 0. The van der Waals surface area contributed by atoms with Gasteiger partial charge in [0, 0.05) is 18.0 Å². The van der Waals surface area contributed by atoms with E-state index in [4.69, 9.17) is 0 Å². The highest BCUT2D eigenvalue weighted by atomic mass is 32.1. The average Bonchev–Trinajstić information content (AvgIpc) is 2.88. The van der Waals surface area contributed by atoms with Gasteiger partial charge < -0.3 is 15.5 Å². The van der Waals surface area contributed by atoms with Gasteiger partial charge in [-0.05, 0) is 37.6 Å². The third-order valence-corrected chi connectivity index (χ3v) is 4.91. The fourth-order valence-corrected chi connectivity index (χ4v) is 3.29. The standard InChI is InChI=1S/C16H18N4O2S/c1-10-7-13(23-11(10)2)16(22)19-12-3-4-14(18-8-12)20-6-5-17-15(21)9-20/h3-4,7-8H,5-6,9H2,1-2H3,(H,17,21)(H,19,22). The third-order valence-electron chi connectivity index (χ3n) is 3.76. The number of aromatic nitrogens is 1. The average molecular weight is 330 g/mol. The Morgan fingerprint density at radius 2 is 2.22 bits per heavy atom. The molecule has 1 fully saturated rings. The number of piperazine rings is 1. The summed E-state index contributed by atoms with van der Waals surface area (Å²) in [5.74, 6) is 0.609. The van der Waals surface area contributed by atoms with Crippen LogP contribution in [0.3, 0.4) is 0 Å². The molecule has 0 aliphatic carbocycles. The number of pyridine rings is 1. The number of nitrogens with one attached hydrogen (secondary N) is 2. The Morgan fingerprint density at radius 1 is 1.39 bits per heavy atom. The number of nitrogens with zero attached hydrogens (tertiary/aromatic N) is 2. The largest absolute Gasteiger partial charge is 0.353 e. The molecule has 0 radical (unpaired) electrons. The van der Waals surface area contributed by atoms with E-state index < -0.39 is 0 Å². The number of thiophene rings is 1. The van der Waals surface area contributed by atoms with E-state index in [1.807, 2.05) is 30.9 Å². The Labute approximate surface area is 138 Å². The molecular weight excluding hydrogens is 312 g/mol. The second-order valence-corrected chi connectivity index (χ2v) is 6.74. The molecule has 2 aromatic rings. The zero-order valence-electron chi connectivity index (χ0n) is 13.0. The number of amides is 2. The summed E-state index contributed by atoms with van der Waals surface area (Å²) in [5, 5.41) is 5.63.